The standard InChI is InChI=1S/C6H8N4O4/c7-9-8-3-1-4(5(11)12)10(2-3)6(13)14/h3-4H,1-2H2,(H,11,12)(H,13,14)/t3-,4-/m1/s1. The fourth-order valence-corrected chi connectivity index (χ4v) is 1.42. The summed E-state index contributed by atoms with van der Waals surface area (Å²) in [6.07, 6.45) is -1.28. The summed E-state index contributed by atoms with van der Waals surface area (Å²) in [5.74, 6) is -1.22. The highest BCUT2D eigenvalue weighted by Gasteiger charge is 2.39. The Morgan fingerprint density at radius 2 is 2.14 bits per heavy atom. The van der Waals surface area contributed by atoms with E-state index in [2.05, 4.69) is 10.0 Å². The molecule has 8 nitrogen and oxygen atoms in total. The van der Waals surface area contributed by atoms with Gasteiger partial charge in [-0.2, -0.15) is 0 Å². The molecular weight excluding hydrogens is 192 g/mol. The van der Waals surface area contributed by atoms with Gasteiger partial charge in [0.1, 0.15) is 6.04 Å². The fourth-order valence-electron chi connectivity index (χ4n) is 1.42. The van der Waals surface area contributed by atoms with Crippen LogP contribution in [0.5, 0.6) is 0 Å². The Balaban J connectivity index is 2.79. The molecule has 1 amide bonds. The van der Waals surface area contributed by atoms with Crippen LogP contribution in [0.3, 0.4) is 0 Å². The van der Waals surface area contributed by atoms with Gasteiger partial charge in [0.25, 0.3) is 0 Å². The lowest BCUT2D eigenvalue weighted by Crippen LogP contribution is -2.39. The zero-order valence-corrected chi connectivity index (χ0v) is 7.07. The molecule has 0 aromatic heterocycles. The summed E-state index contributed by atoms with van der Waals surface area (Å²) in [5, 5.41) is 20.6. The van der Waals surface area contributed by atoms with E-state index in [4.69, 9.17) is 15.7 Å². The first-order chi connectivity index (χ1) is 6.56. The molecule has 76 valence electrons. The van der Waals surface area contributed by atoms with E-state index in [1.807, 2.05) is 0 Å². The fraction of sp³-hybridized carbons (Fsp3) is 0.667. The van der Waals surface area contributed by atoms with Crippen molar-refractivity contribution in [3.63, 3.8) is 0 Å². The molecule has 14 heavy (non-hydrogen) atoms. The van der Waals surface area contributed by atoms with E-state index in [0.29, 0.717) is 0 Å². The van der Waals surface area contributed by atoms with Crippen LogP contribution in [0.4, 0.5) is 4.79 Å². The van der Waals surface area contributed by atoms with Crippen molar-refractivity contribution in [2.45, 2.75) is 18.5 Å². The van der Waals surface area contributed by atoms with Crippen molar-refractivity contribution in [1.29, 1.82) is 0 Å². The number of aliphatic carboxylic acids is 1. The molecule has 1 fully saturated rings. The highest BCUT2D eigenvalue weighted by molar-refractivity contribution is 5.80. The smallest absolute Gasteiger partial charge is 0.408 e. The van der Waals surface area contributed by atoms with Gasteiger partial charge in [0.15, 0.2) is 0 Å². The van der Waals surface area contributed by atoms with E-state index in [1.165, 1.54) is 0 Å². The zero-order valence-electron chi connectivity index (χ0n) is 7.07. The summed E-state index contributed by atoms with van der Waals surface area (Å²) in [7, 11) is 0. The molecule has 2 N–H and O–H groups in total. The lowest BCUT2D eigenvalue weighted by Gasteiger charge is -2.16. The minimum absolute atomic E-state index is 0.0334. The van der Waals surface area contributed by atoms with Crippen molar-refractivity contribution in [3.8, 4) is 0 Å². The van der Waals surface area contributed by atoms with Crippen molar-refractivity contribution in [3.05, 3.63) is 10.4 Å². The Morgan fingerprint density at radius 1 is 1.50 bits per heavy atom. The number of nitrogens with zero attached hydrogens (tertiary/aromatic N) is 4. The van der Waals surface area contributed by atoms with Crippen LogP contribution in [0.15, 0.2) is 5.11 Å². The summed E-state index contributed by atoms with van der Waals surface area (Å²) in [4.78, 5) is 24.5. The van der Waals surface area contributed by atoms with Gasteiger partial charge in [-0.1, -0.05) is 5.11 Å². The molecule has 1 rings (SSSR count). The number of hydrogen-bond donors (Lipinski definition) is 2. The van der Waals surface area contributed by atoms with E-state index in [-0.39, 0.29) is 13.0 Å². The summed E-state index contributed by atoms with van der Waals surface area (Å²) in [6, 6.07) is -1.69. The van der Waals surface area contributed by atoms with Gasteiger partial charge in [0.2, 0.25) is 0 Å². The van der Waals surface area contributed by atoms with Gasteiger partial charge in [-0.15, -0.1) is 0 Å². The monoisotopic (exact) mass is 200 g/mol. The molecule has 1 heterocycles. The van der Waals surface area contributed by atoms with Crippen LogP contribution in [0.2, 0.25) is 0 Å². The third-order valence-electron chi connectivity index (χ3n) is 2.02. The SMILES string of the molecule is [N-]=[N+]=N[C@@H]1C[C@H](C(=O)O)N(C(=O)O)C1. The lowest BCUT2D eigenvalue weighted by atomic mass is 10.2. The third-order valence-corrected chi connectivity index (χ3v) is 2.02. The van der Waals surface area contributed by atoms with E-state index >= 15 is 0 Å². The first-order valence-electron chi connectivity index (χ1n) is 3.83. The average molecular weight is 200 g/mol. The van der Waals surface area contributed by atoms with Crippen LogP contribution in [-0.2, 0) is 4.79 Å². The minimum atomic E-state index is -1.31. The Kier molecular flexibility index (Phi) is 2.78. The van der Waals surface area contributed by atoms with Crippen molar-refractivity contribution in [2.24, 2.45) is 5.11 Å². The molecule has 0 aliphatic carbocycles. The summed E-state index contributed by atoms with van der Waals surface area (Å²) in [6.45, 7) is -0.0592. The molecule has 0 aromatic rings. The van der Waals surface area contributed by atoms with Crippen molar-refractivity contribution in [1.82, 2.24) is 4.90 Å². The molecule has 1 aliphatic rings. The third kappa shape index (κ3) is 1.86. The molecule has 8 heteroatoms. The van der Waals surface area contributed by atoms with E-state index < -0.39 is 24.1 Å². The molecule has 0 radical (unpaired) electrons. The van der Waals surface area contributed by atoms with Crippen molar-refractivity contribution >= 4 is 12.1 Å². The van der Waals surface area contributed by atoms with E-state index in [0.717, 1.165) is 4.90 Å². The second-order valence-electron chi connectivity index (χ2n) is 2.88. The Labute approximate surface area is 78.4 Å². The molecule has 0 aromatic carbocycles. The Morgan fingerprint density at radius 3 is 2.50 bits per heavy atom. The molecule has 2 atom stereocenters. The molecular formula is C6H8N4O4. The van der Waals surface area contributed by atoms with Crippen molar-refractivity contribution < 1.29 is 19.8 Å². The second-order valence-corrected chi connectivity index (χ2v) is 2.88. The number of hydrogen-bond acceptors (Lipinski definition) is 3. The quantitative estimate of drug-likeness (QED) is 0.382. The number of likely N-dealkylation sites (tertiary alicyclic amines) is 1. The second kappa shape index (κ2) is 3.84. The highest BCUT2D eigenvalue weighted by Crippen LogP contribution is 2.20. The number of rotatable bonds is 2. The molecule has 0 unspecified atom stereocenters. The summed E-state index contributed by atoms with van der Waals surface area (Å²) >= 11 is 0. The normalized spacial score (nSPS) is 25.6. The highest BCUT2D eigenvalue weighted by atomic mass is 16.4. The van der Waals surface area contributed by atoms with E-state index in [9.17, 15) is 9.59 Å². The largest absolute Gasteiger partial charge is 0.480 e. The molecule has 1 saturated heterocycles. The average Bonchev–Trinajstić information content (AvgIpc) is 2.49. The molecule has 0 spiro atoms. The zero-order chi connectivity index (χ0) is 10.7. The number of amides is 1. The van der Waals surface area contributed by atoms with Gasteiger partial charge >= 0.3 is 12.1 Å². The predicted octanol–water partition coefficient (Wildman–Crippen LogP) is 0.502. The van der Waals surface area contributed by atoms with Gasteiger partial charge < -0.3 is 10.2 Å². The number of carbonyl (C=O) groups is 2. The van der Waals surface area contributed by atoms with Crippen LogP contribution in [-0.4, -0.2) is 45.8 Å². The first-order valence-corrected chi connectivity index (χ1v) is 3.83. The number of carboxylic acid groups (broad SMARTS) is 2. The lowest BCUT2D eigenvalue weighted by molar-refractivity contribution is -0.141. The van der Waals surface area contributed by atoms with Crippen LogP contribution in [0, 0.1) is 0 Å². The summed E-state index contributed by atoms with van der Waals surface area (Å²) in [5.41, 5.74) is 8.12. The van der Waals surface area contributed by atoms with Gasteiger partial charge in [0, 0.05) is 11.5 Å². The van der Waals surface area contributed by atoms with Gasteiger partial charge in [-0.25, -0.2) is 9.59 Å². The predicted molar refractivity (Wildman–Crippen MR) is 43.7 cm³/mol. The first kappa shape index (κ1) is 10.1. The van der Waals surface area contributed by atoms with Crippen LogP contribution >= 0.6 is 0 Å². The molecule has 0 bridgehead atoms. The molecule has 0 saturated carbocycles. The number of carboxylic acids is 1. The van der Waals surface area contributed by atoms with Gasteiger partial charge in [-0.3, -0.25) is 4.90 Å². The summed E-state index contributed by atoms with van der Waals surface area (Å²) < 4.78 is 0. The van der Waals surface area contributed by atoms with Crippen LogP contribution in [0.1, 0.15) is 6.42 Å². The maximum absolute atomic E-state index is 10.6. The van der Waals surface area contributed by atoms with E-state index in [1.54, 1.807) is 0 Å². The maximum Gasteiger partial charge on any atom is 0.408 e. The van der Waals surface area contributed by atoms with Crippen LogP contribution in [0.25, 0.3) is 10.4 Å². The van der Waals surface area contributed by atoms with Gasteiger partial charge in [0.05, 0.1) is 6.04 Å². The van der Waals surface area contributed by atoms with Crippen molar-refractivity contribution in [2.75, 3.05) is 6.54 Å². The minimum Gasteiger partial charge on any atom is -0.480 e. The molecule has 1 aliphatic heterocycles. The van der Waals surface area contributed by atoms with Gasteiger partial charge in [-0.05, 0) is 12.0 Å². The topological polar surface area (TPSA) is 127 Å². The number of azide groups is 1. The maximum atomic E-state index is 10.6. The Hall–Kier alpha value is -1.95. The Bertz CT molecular complexity index is 289. The van der Waals surface area contributed by atoms with Crippen LogP contribution < -0.4 is 0 Å².